The predicted octanol–water partition coefficient (Wildman–Crippen LogP) is 2.33. The van der Waals surface area contributed by atoms with Gasteiger partial charge < -0.3 is 15.1 Å². The summed E-state index contributed by atoms with van der Waals surface area (Å²) in [6.45, 7) is 4.44. The SMILES string of the molecule is CCCNc1ncc(C(=O)N2CCC(N(C)C)C2)cc1Cl. The van der Waals surface area contributed by atoms with E-state index >= 15 is 0 Å². The Hall–Kier alpha value is -1.33. The van der Waals surface area contributed by atoms with Crippen LogP contribution in [0.5, 0.6) is 0 Å². The van der Waals surface area contributed by atoms with Gasteiger partial charge in [-0.05, 0) is 33.0 Å². The van der Waals surface area contributed by atoms with Crippen LogP contribution in [0, 0.1) is 0 Å². The highest BCUT2D eigenvalue weighted by Gasteiger charge is 2.28. The predicted molar refractivity (Wildman–Crippen MR) is 86.0 cm³/mol. The van der Waals surface area contributed by atoms with Crippen LogP contribution >= 0.6 is 11.6 Å². The lowest BCUT2D eigenvalue weighted by Crippen LogP contribution is -2.34. The first-order chi connectivity index (χ1) is 10.0. The van der Waals surface area contributed by atoms with Gasteiger partial charge in [-0.25, -0.2) is 4.98 Å². The number of nitrogens with one attached hydrogen (secondary N) is 1. The van der Waals surface area contributed by atoms with Gasteiger partial charge in [0.1, 0.15) is 5.82 Å². The maximum absolute atomic E-state index is 12.5. The Kier molecular flexibility index (Phi) is 5.42. The van der Waals surface area contributed by atoms with Gasteiger partial charge in [0.15, 0.2) is 0 Å². The topological polar surface area (TPSA) is 48.5 Å². The van der Waals surface area contributed by atoms with Crippen molar-refractivity contribution in [2.75, 3.05) is 39.0 Å². The molecule has 1 fully saturated rings. The number of aromatic nitrogens is 1. The molecule has 0 aliphatic carbocycles. The van der Waals surface area contributed by atoms with Crippen molar-refractivity contribution >= 4 is 23.3 Å². The second kappa shape index (κ2) is 7.09. The molecule has 21 heavy (non-hydrogen) atoms. The Bertz CT molecular complexity index is 506. The summed E-state index contributed by atoms with van der Waals surface area (Å²) in [5.74, 6) is 0.651. The molecule has 116 valence electrons. The van der Waals surface area contributed by atoms with E-state index in [-0.39, 0.29) is 5.91 Å². The third-order valence-electron chi connectivity index (χ3n) is 3.81. The van der Waals surface area contributed by atoms with Crippen LogP contribution in [0.2, 0.25) is 5.02 Å². The third-order valence-corrected chi connectivity index (χ3v) is 4.10. The molecule has 5 nitrogen and oxygen atoms in total. The average molecular weight is 311 g/mol. The lowest BCUT2D eigenvalue weighted by atomic mass is 10.2. The largest absolute Gasteiger partial charge is 0.369 e. The Labute approximate surface area is 131 Å². The molecule has 0 saturated carbocycles. The van der Waals surface area contributed by atoms with Crippen molar-refractivity contribution in [3.63, 3.8) is 0 Å². The van der Waals surface area contributed by atoms with E-state index < -0.39 is 0 Å². The zero-order valence-corrected chi connectivity index (χ0v) is 13.7. The Morgan fingerprint density at radius 1 is 1.57 bits per heavy atom. The van der Waals surface area contributed by atoms with Crippen molar-refractivity contribution < 1.29 is 4.79 Å². The summed E-state index contributed by atoms with van der Waals surface area (Å²) in [5.41, 5.74) is 0.557. The van der Waals surface area contributed by atoms with E-state index in [0.29, 0.717) is 22.4 Å². The van der Waals surface area contributed by atoms with E-state index in [1.54, 1.807) is 12.3 Å². The zero-order valence-electron chi connectivity index (χ0n) is 12.9. The van der Waals surface area contributed by atoms with Gasteiger partial charge in [-0.2, -0.15) is 0 Å². The minimum absolute atomic E-state index is 0.00999. The summed E-state index contributed by atoms with van der Waals surface area (Å²) in [7, 11) is 4.09. The van der Waals surface area contributed by atoms with E-state index in [0.717, 1.165) is 32.5 Å². The Balaban J connectivity index is 2.05. The molecule has 1 aliphatic rings. The molecule has 1 saturated heterocycles. The number of pyridine rings is 1. The van der Waals surface area contributed by atoms with Crippen LogP contribution in [0.1, 0.15) is 30.1 Å². The highest BCUT2D eigenvalue weighted by Crippen LogP contribution is 2.22. The molecule has 1 N–H and O–H groups in total. The number of amides is 1. The van der Waals surface area contributed by atoms with Gasteiger partial charge in [0, 0.05) is 31.9 Å². The smallest absolute Gasteiger partial charge is 0.255 e. The maximum Gasteiger partial charge on any atom is 0.255 e. The summed E-state index contributed by atoms with van der Waals surface area (Å²) in [6, 6.07) is 2.14. The number of carbonyl (C=O) groups is 1. The second-order valence-electron chi connectivity index (χ2n) is 5.64. The van der Waals surface area contributed by atoms with Crippen molar-refractivity contribution in [3.05, 3.63) is 22.8 Å². The van der Waals surface area contributed by atoms with Gasteiger partial charge in [0.05, 0.1) is 10.6 Å². The minimum atomic E-state index is 0.00999. The molecule has 2 heterocycles. The summed E-state index contributed by atoms with van der Waals surface area (Å²) in [6.07, 6.45) is 3.61. The molecule has 2 rings (SSSR count). The van der Waals surface area contributed by atoms with Crippen LogP contribution in [-0.4, -0.2) is 60.5 Å². The fourth-order valence-electron chi connectivity index (χ4n) is 2.46. The molecule has 1 unspecified atom stereocenters. The minimum Gasteiger partial charge on any atom is -0.369 e. The van der Waals surface area contributed by atoms with Crippen molar-refractivity contribution in [2.24, 2.45) is 0 Å². The van der Waals surface area contributed by atoms with Gasteiger partial charge in [-0.15, -0.1) is 0 Å². The van der Waals surface area contributed by atoms with Gasteiger partial charge >= 0.3 is 0 Å². The van der Waals surface area contributed by atoms with E-state index in [1.165, 1.54) is 0 Å². The highest BCUT2D eigenvalue weighted by atomic mass is 35.5. The molecule has 0 bridgehead atoms. The van der Waals surface area contributed by atoms with E-state index in [2.05, 4.69) is 22.1 Å². The molecular weight excluding hydrogens is 288 g/mol. The molecule has 1 aliphatic heterocycles. The number of nitrogens with zero attached hydrogens (tertiary/aromatic N) is 3. The number of rotatable bonds is 5. The molecule has 6 heteroatoms. The number of likely N-dealkylation sites (N-methyl/N-ethyl adjacent to an activating group) is 1. The van der Waals surface area contributed by atoms with Crippen molar-refractivity contribution in [2.45, 2.75) is 25.8 Å². The van der Waals surface area contributed by atoms with Crippen LogP contribution in [0.25, 0.3) is 0 Å². The first-order valence-corrected chi connectivity index (χ1v) is 7.75. The molecule has 1 atom stereocenters. The van der Waals surface area contributed by atoms with Crippen molar-refractivity contribution in [3.8, 4) is 0 Å². The average Bonchev–Trinajstić information content (AvgIpc) is 2.95. The number of carbonyl (C=O) groups excluding carboxylic acids is 1. The number of halogens is 1. The first-order valence-electron chi connectivity index (χ1n) is 7.38. The fraction of sp³-hybridized carbons (Fsp3) is 0.600. The molecule has 1 aromatic rings. The number of likely N-dealkylation sites (tertiary alicyclic amines) is 1. The Morgan fingerprint density at radius 2 is 2.33 bits per heavy atom. The lowest BCUT2D eigenvalue weighted by Gasteiger charge is -2.20. The third kappa shape index (κ3) is 3.86. The molecular formula is C15H23ClN4O. The van der Waals surface area contributed by atoms with E-state index in [4.69, 9.17) is 11.6 Å². The lowest BCUT2D eigenvalue weighted by molar-refractivity contribution is 0.0782. The summed E-state index contributed by atoms with van der Waals surface area (Å²) in [4.78, 5) is 20.8. The normalized spacial score (nSPS) is 18.3. The second-order valence-corrected chi connectivity index (χ2v) is 6.05. The standard InChI is InChI=1S/C15H23ClN4O/c1-4-6-17-14-13(16)8-11(9-18-14)15(21)20-7-5-12(10-20)19(2)3/h8-9,12H,4-7,10H2,1-3H3,(H,17,18). The van der Waals surface area contributed by atoms with Crippen molar-refractivity contribution in [1.29, 1.82) is 0 Å². The molecule has 1 aromatic heterocycles. The fourth-order valence-corrected chi connectivity index (χ4v) is 2.69. The molecule has 1 amide bonds. The monoisotopic (exact) mass is 310 g/mol. The zero-order chi connectivity index (χ0) is 15.4. The first kappa shape index (κ1) is 16.0. The van der Waals surface area contributed by atoms with Crippen molar-refractivity contribution in [1.82, 2.24) is 14.8 Å². The summed E-state index contributed by atoms with van der Waals surface area (Å²) >= 11 is 6.19. The van der Waals surface area contributed by atoms with Gasteiger partial charge in [-0.3, -0.25) is 4.79 Å². The van der Waals surface area contributed by atoms with E-state index in [1.807, 2.05) is 19.0 Å². The van der Waals surface area contributed by atoms with Crippen LogP contribution in [0.3, 0.4) is 0 Å². The summed E-state index contributed by atoms with van der Waals surface area (Å²) < 4.78 is 0. The van der Waals surface area contributed by atoms with Gasteiger partial charge in [0.25, 0.3) is 5.91 Å². The molecule has 0 radical (unpaired) electrons. The molecule has 0 aromatic carbocycles. The van der Waals surface area contributed by atoms with Gasteiger partial charge in [-0.1, -0.05) is 18.5 Å². The van der Waals surface area contributed by atoms with Crippen LogP contribution < -0.4 is 5.32 Å². The van der Waals surface area contributed by atoms with Crippen LogP contribution in [0.4, 0.5) is 5.82 Å². The molecule has 0 spiro atoms. The number of hydrogen-bond acceptors (Lipinski definition) is 4. The van der Waals surface area contributed by atoms with Gasteiger partial charge in [0.2, 0.25) is 0 Å². The van der Waals surface area contributed by atoms with Crippen LogP contribution in [0.15, 0.2) is 12.3 Å². The maximum atomic E-state index is 12.5. The Morgan fingerprint density at radius 3 is 2.90 bits per heavy atom. The quantitative estimate of drug-likeness (QED) is 0.907. The number of hydrogen-bond donors (Lipinski definition) is 1. The van der Waals surface area contributed by atoms with Crippen LogP contribution in [-0.2, 0) is 0 Å². The highest BCUT2D eigenvalue weighted by molar-refractivity contribution is 6.33. The summed E-state index contributed by atoms with van der Waals surface area (Å²) in [5, 5.41) is 3.64. The number of anilines is 1. The van der Waals surface area contributed by atoms with E-state index in [9.17, 15) is 4.79 Å².